The zero-order valence-corrected chi connectivity index (χ0v) is 18.3. The van der Waals surface area contributed by atoms with E-state index in [2.05, 4.69) is 50.0 Å². The molecular weight excluding hydrogens is 424 g/mol. The minimum atomic E-state index is -0.0363. The fraction of sp³-hybridized carbons (Fsp3) is 0.450. The van der Waals surface area contributed by atoms with Crippen molar-refractivity contribution in [3.8, 4) is 0 Å². The smallest absolute Gasteiger partial charge is 0.234 e. The van der Waals surface area contributed by atoms with Crippen LogP contribution < -0.4 is 10.2 Å². The van der Waals surface area contributed by atoms with Gasteiger partial charge in [0.1, 0.15) is 17.2 Å². The number of thioether (sulfide) groups is 1. The van der Waals surface area contributed by atoms with E-state index in [1.54, 1.807) is 6.33 Å². The van der Waals surface area contributed by atoms with Gasteiger partial charge in [0.05, 0.1) is 5.75 Å². The SMILES string of the molecule is Cc1cc(Br)ccc1NC(=O)CSc1cc(N2C[C@H](C)C[C@H](C)C2)ncn1. The highest BCUT2D eigenvalue weighted by atomic mass is 79.9. The van der Waals surface area contributed by atoms with Crippen LogP contribution in [0.4, 0.5) is 11.5 Å². The number of aryl methyl sites for hydroxylation is 1. The molecule has 1 saturated heterocycles. The summed E-state index contributed by atoms with van der Waals surface area (Å²) in [6.07, 6.45) is 2.86. The summed E-state index contributed by atoms with van der Waals surface area (Å²) in [6, 6.07) is 7.81. The van der Waals surface area contributed by atoms with E-state index in [9.17, 15) is 4.79 Å². The quantitative estimate of drug-likeness (QED) is 0.527. The average molecular weight is 449 g/mol. The molecule has 1 N–H and O–H groups in total. The van der Waals surface area contributed by atoms with Crippen LogP contribution in [0.2, 0.25) is 0 Å². The first kappa shape index (κ1) is 20.1. The summed E-state index contributed by atoms with van der Waals surface area (Å²) in [5.41, 5.74) is 1.86. The number of piperidine rings is 1. The Hall–Kier alpha value is -1.60. The van der Waals surface area contributed by atoms with Crippen molar-refractivity contribution in [2.45, 2.75) is 32.2 Å². The van der Waals surface area contributed by atoms with Crippen molar-refractivity contribution >= 4 is 45.1 Å². The minimum absolute atomic E-state index is 0.0363. The van der Waals surface area contributed by atoms with E-state index < -0.39 is 0 Å². The number of aromatic nitrogens is 2. The average Bonchev–Trinajstić information content (AvgIpc) is 2.62. The third kappa shape index (κ3) is 5.69. The molecule has 0 aliphatic carbocycles. The molecule has 1 fully saturated rings. The van der Waals surface area contributed by atoms with Gasteiger partial charge in [-0.1, -0.05) is 41.5 Å². The van der Waals surface area contributed by atoms with Crippen molar-refractivity contribution in [3.63, 3.8) is 0 Å². The van der Waals surface area contributed by atoms with Crippen LogP contribution in [0.3, 0.4) is 0 Å². The molecule has 0 unspecified atom stereocenters. The summed E-state index contributed by atoms with van der Waals surface area (Å²) in [6.45, 7) is 8.59. The van der Waals surface area contributed by atoms with Gasteiger partial charge in [0.15, 0.2) is 0 Å². The molecule has 2 heterocycles. The number of hydrogen-bond donors (Lipinski definition) is 1. The van der Waals surface area contributed by atoms with Gasteiger partial charge in [-0.25, -0.2) is 9.97 Å². The van der Waals surface area contributed by atoms with Gasteiger partial charge in [0, 0.05) is 29.3 Å². The van der Waals surface area contributed by atoms with Crippen molar-refractivity contribution in [1.82, 2.24) is 9.97 Å². The lowest BCUT2D eigenvalue weighted by Crippen LogP contribution is -2.39. The molecule has 0 bridgehead atoms. The van der Waals surface area contributed by atoms with Crippen LogP contribution in [0.15, 0.2) is 40.1 Å². The first-order valence-electron chi connectivity index (χ1n) is 9.16. The Morgan fingerprint density at radius 1 is 1.26 bits per heavy atom. The van der Waals surface area contributed by atoms with Gasteiger partial charge in [0.25, 0.3) is 0 Å². The van der Waals surface area contributed by atoms with Gasteiger partial charge >= 0.3 is 0 Å². The topological polar surface area (TPSA) is 58.1 Å². The lowest BCUT2D eigenvalue weighted by atomic mass is 9.92. The van der Waals surface area contributed by atoms with Crippen molar-refractivity contribution in [2.75, 3.05) is 29.1 Å². The van der Waals surface area contributed by atoms with Crippen LogP contribution >= 0.6 is 27.7 Å². The largest absolute Gasteiger partial charge is 0.356 e. The first-order valence-corrected chi connectivity index (χ1v) is 10.9. The van der Waals surface area contributed by atoms with Crippen molar-refractivity contribution < 1.29 is 4.79 Å². The summed E-state index contributed by atoms with van der Waals surface area (Å²) in [5, 5.41) is 3.79. The molecule has 2 atom stereocenters. The zero-order valence-electron chi connectivity index (χ0n) is 15.9. The number of amides is 1. The molecule has 3 rings (SSSR count). The molecule has 0 saturated carbocycles. The zero-order chi connectivity index (χ0) is 19.4. The summed E-state index contributed by atoms with van der Waals surface area (Å²) < 4.78 is 1.00. The molecule has 27 heavy (non-hydrogen) atoms. The Kier molecular flexibility index (Phi) is 6.76. The third-order valence-corrected chi connectivity index (χ3v) is 6.05. The summed E-state index contributed by atoms with van der Waals surface area (Å²) >= 11 is 4.87. The van der Waals surface area contributed by atoms with Crippen LogP contribution in [0.1, 0.15) is 25.8 Å². The van der Waals surface area contributed by atoms with Gasteiger partial charge in [-0.3, -0.25) is 4.79 Å². The number of benzene rings is 1. The Labute approximate surface area is 173 Å². The molecular formula is C20H25BrN4OS. The molecule has 5 nitrogen and oxygen atoms in total. The molecule has 1 amide bonds. The Morgan fingerprint density at radius 3 is 2.70 bits per heavy atom. The van der Waals surface area contributed by atoms with E-state index in [4.69, 9.17) is 0 Å². The lowest BCUT2D eigenvalue weighted by molar-refractivity contribution is -0.113. The number of carbonyl (C=O) groups excluding carboxylic acids is 1. The fourth-order valence-electron chi connectivity index (χ4n) is 3.52. The highest BCUT2D eigenvalue weighted by Gasteiger charge is 2.23. The standard InChI is InChI=1S/C20H25BrN4OS/c1-13-6-14(2)10-25(9-13)18-8-20(23-12-22-18)27-11-19(26)24-17-5-4-16(21)7-15(17)3/h4-5,7-8,12-14H,6,9-11H2,1-3H3,(H,24,26)/t13-,14+. The maximum Gasteiger partial charge on any atom is 0.234 e. The Morgan fingerprint density at radius 2 is 2.00 bits per heavy atom. The van der Waals surface area contributed by atoms with E-state index in [0.717, 1.165) is 39.7 Å². The number of hydrogen-bond acceptors (Lipinski definition) is 5. The van der Waals surface area contributed by atoms with Crippen LogP contribution in [-0.4, -0.2) is 34.7 Å². The van der Waals surface area contributed by atoms with E-state index in [1.165, 1.54) is 18.2 Å². The van der Waals surface area contributed by atoms with Gasteiger partial charge in [0.2, 0.25) is 5.91 Å². The molecule has 7 heteroatoms. The van der Waals surface area contributed by atoms with Crippen molar-refractivity contribution in [2.24, 2.45) is 11.8 Å². The van der Waals surface area contributed by atoms with Crippen LogP contribution in [0.25, 0.3) is 0 Å². The summed E-state index contributed by atoms with van der Waals surface area (Å²) in [7, 11) is 0. The maximum atomic E-state index is 12.3. The van der Waals surface area contributed by atoms with E-state index in [1.807, 2.05) is 31.2 Å². The molecule has 1 aliphatic rings. The molecule has 0 spiro atoms. The second-order valence-electron chi connectivity index (χ2n) is 7.36. The minimum Gasteiger partial charge on any atom is -0.356 e. The van der Waals surface area contributed by atoms with Crippen molar-refractivity contribution in [1.29, 1.82) is 0 Å². The summed E-state index contributed by atoms with van der Waals surface area (Å²) in [5.74, 6) is 2.57. The van der Waals surface area contributed by atoms with Gasteiger partial charge in [-0.05, 0) is 48.9 Å². The number of anilines is 2. The summed E-state index contributed by atoms with van der Waals surface area (Å²) in [4.78, 5) is 23.4. The predicted molar refractivity (Wildman–Crippen MR) is 115 cm³/mol. The lowest BCUT2D eigenvalue weighted by Gasteiger charge is -2.35. The van der Waals surface area contributed by atoms with E-state index in [-0.39, 0.29) is 5.91 Å². The van der Waals surface area contributed by atoms with Crippen molar-refractivity contribution in [3.05, 3.63) is 40.6 Å². The third-order valence-electron chi connectivity index (χ3n) is 4.63. The second-order valence-corrected chi connectivity index (χ2v) is 9.27. The number of halogens is 1. The molecule has 1 aromatic heterocycles. The Bertz CT molecular complexity index is 806. The van der Waals surface area contributed by atoms with Crippen LogP contribution in [-0.2, 0) is 4.79 Å². The normalized spacial score (nSPS) is 19.8. The fourth-order valence-corrected chi connectivity index (χ4v) is 4.66. The number of rotatable bonds is 5. The number of nitrogens with zero attached hydrogens (tertiary/aromatic N) is 3. The van der Waals surface area contributed by atoms with E-state index >= 15 is 0 Å². The highest BCUT2D eigenvalue weighted by molar-refractivity contribution is 9.10. The highest BCUT2D eigenvalue weighted by Crippen LogP contribution is 2.27. The first-order chi connectivity index (χ1) is 12.9. The number of nitrogens with one attached hydrogen (secondary N) is 1. The predicted octanol–water partition coefficient (Wildman–Crippen LogP) is 4.76. The monoisotopic (exact) mass is 448 g/mol. The molecule has 0 radical (unpaired) electrons. The Balaban J connectivity index is 1.58. The molecule has 2 aromatic rings. The van der Waals surface area contributed by atoms with E-state index in [0.29, 0.717) is 17.6 Å². The van der Waals surface area contributed by atoms with Crippen LogP contribution in [0.5, 0.6) is 0 Å². The van der Waals surface area contributed by atoms with Gasteiger partial charge < -0.3 is 10.2 Å². The second kappa shape index (κ2) is 9.06. The van der Waals surface area contributed by atoms with Gasteiger partial charge in [-0.2, -0.15) is 0 Å². The molecule has 144 valence electrons. The van der Waals surface area contributed by atoms with Gasteiger partial charge in [-0.15, -0.1) is 0 Å². The molecule has 1 aromatic carbocycles. The molecule has 1 aliphatic heterocycles. The maximum absolute atomic E-state index is 12.3. The number of carbonyl (C=O) groups is 1. The van der Waals surface area contributed by atoms with Crippen LogP contribution in [0, 0.1) is 18.8 Å².